The maximum Gasteiger partial charge on any atom is 0.235 e. The van der Waals surface area contributed by atoms with Crippen LogP contribution in [0, 0.1) is 5.82 Å². The molecule has 4 heteroatoms. The van der Waals surface area contributed by atoms with E-state index < -0.39 is 6.04 Å². The third-order valence-corrected chi connectivity index (χ3v) is 3.08. The highest BCUT2D eigenvalue weighted by Gasteiger charge is 2.13. The Bertz CT molecular complexity index is 619. The van der Waals surface area contributed by atoms with Gasteiger partial charge in [0.25, 0.3) is 0 Å². The van der Waals surface area contributed by atoms with Gasteiger partial charge in [-0.1, -0.05) is 30.3 Å². The molecule has 0 aliphatic carbocycles. The van der Waals surface area contributed by atoms with Crippen molar-refractivity contribution in [2.75, 3.05) is 7.11 Å². The van der Waals surface area contributed by atoms with Crippen LogP contribution in [0.1, 0.15) is 17.2 Å². The van der Waals surface area contributed by atoms with Crippen molar-refractivity contribution in [2.24, 2.45) is 4.99 Å². The van der Waals surface area contributed by atoms with Gasteiger partial charge in [0.2, 0.25) is 6.08 Å². The van der Waals surface area contributed by atoms with E-state index in [0.29, 0.717) is 17.7 Å². The van der Waals surface area contributed by atoms with E-state index in [0.717, 1.165) is 5.56 Å². The average Bonchev–Trinajstić information content (AvgIpc) is 2.49. The fourth-order valence-corrected chi connectivity index (χ4v) is 2.00. The van der Waals surface area contributed by atoms with Crippen molar-refractivity contribution in [3.05, 3.63) is 65.5 Å². The minimum atomic E-state index is -0.449. The number of aliphatic imine (C=N–C) groups is 1. The molecule has 2 aromatic carbocycles. The smallest absolute Gasteiger partial charge is 0.235 e. The van der Waals surface area contributed by atoms with Gasteiger partial charge in [-0.25, -0.2) is 9.18 Å². The molecule has 0 aliphatic rings. The van der Waals surface area contributed by atoms with Gasteiger partial charge in [-0.2, -0.15) is 4.99 Å². The van der Waals surface area contributed by atoms with Crippen LogP contribution in [0.25, 0.3) is 0 Å². The molecule has 3 nitrogen and oxygen atoms in total. The van der Waals surface area contributed by atoms with E-state index in [1.807, 2.05) is 12.1 Å². The second kappa shape index (κ2) is 6.64. The molecule has 0 saturated heterocycles. The van der Waals surface area contributed by atoms with E-state index in [-0.39, 0.29) is 5.82 Å². The molecular weight excluding hydrogens is 257 g/mol. The van der Waals surface area contributed by atoms with Gasteiger partial charge in [0.1, 0.15) is 11.6 Å². The van der Waals surface area contributed by atoms with E-state index >= 15 is 0 Å². The molecule has 1 unspecified atom stereocenters. The van der Waals surface area contributed by atoms with E-state index in [4.69, 9.17) is 4.74 Å². The summed E-state index contributed by atoms with van der Waals surface area (Å²) in [6.45, 7) is 0. The third-order valence-electron chi connectivity index (χ3n) is 3.08. The monoisotopic (exact) mass is 271 g/mol. The summed E-state index contributed by atoms with van der Waals surface area (Å²) in [5, 5.41) is 0. The summed E-state index contributed by atoms with van der Waals surface area (Å²) < 4.78 is 18.7. The summed E-state index contributed by atoms with van der Waals surface area (Å²) in [6.07, 6.45) is 1.87. The maximum absolute atomic E-state index is 13.7. The highest BCUT2D eigenvalue weighted by molar-refractivity contribution is 5.37. The van der Waals surface area contributed by atoms with Gasteiger partial charge in [-0.15, -0.1) is 0 Å². The Balaban J connectivity index is 2.26. The van der Waals surface area contributed by atoms with Crippen molar-refractivity contribution in [1.82, 2.24) is 0 Å². The molecule has 2 rings (SSSR count). The SMILES string of the molecule is COc1ccc(C(Cc2ccccc2F)N=C=O)cc1. The highest BCUT2D eigenvalue weighted by Crippen LogP contribution is 2.25. The predicted molar refractivity (Wildman–Crippen MR) is 74.0 cm³/mol. The second-order valence-corrected chi connectivity index (χ2v) is 4.30. The number of hydrogen-bond acceptors (Lipinski definition) is 3. The Kier molecular flexibility index (Phi) is 4.64. The van der Waals surface area contributed by atoms with Crippen LogP contribution in [0.15, 0.2) is 53.5 Å². The van der Waals surface area contributed by atoms with Crippen LogP contribution in [0.4, 0.5) is 4.39 Å². The molecule has 0 heterocycles. The summed E-state index contributed by atoms with van der Waals surface area (Å²) in [5.74, 6) is 0.417. The van der Waals surface area contributed by atoms with Crippen LogP contribution < -0.4 is 4.74 Å². The van der Waals surface area contributed by atoms with Crippen LogP contribution in [-0.2, 0) is 11.2 Å². The van der Waals surface area contributed by atoms with E-state index in [2.05, 4.69) is 4.99 Å². The minimum absolute atomic E-state index is 0.299. The molecule has 0 amide bonds. The lowest BCUT2D eigenvalue weighted by molar-refractivity contribution is 0.414. The molecule has 0 fully saturated rings. The van der Waals surface area contributed by atoms with E-state index in [1.165, 1.54) is 6.07 Å². The molecule has 0 aliphatic heterocycles. The zero-order valence-electron chi connectivity index (χ0n) is 11.0. The van der Waals surface area contributed by atoms with Gasteiger partial charge < -0.3 is 4.74 Å². The Morgan fingerprint density at radius 3 is 2.50 bits per heavy atom. The van der Waals surface area contributed by atoms with Crippen LogP contribution in [-0.4, -0.2) is 13.2 Å². The van der Waals surface area contributed by atoms with Crippen molar-refractivity contribution in [3.8, 4) is 5.75 Å². The van der Waals surface area contributed by atoms with Gasteiger partial charge in [0, 0.05) is 6.42 Å². The number of nitrogens with zero attached hydrogens (tertiary/aromatic N) is 1. The number of methoxy groups -OCH3 is 1. The quantitative estimate of drug-likeness (QED) is 0.617. The fraction of sp³-hybridized carbons (Fsp3) is 0.188. The van der Waals surface area contributed by atoms with Gasteiger partial charge in [-0.3, -0.25) is 0 Å². The van der Waals surface area contributed by atoms with Crippen LogP contribution in [0.5, 0.6) is 5.75 Å². The zero-order valence-corrected chi connectivity index (χ0v) is 11.0. The highest BCUT2D eigenvalue weighted by atomic mass is 19.1. The second-order valence-electron chi connectivity index (χ2n) is 4.30. The summed E-state index contributed by atoms with van der Waals surface area (Å²) in [6, 6.07) is 13.2. The molecular formula is C16H14FNO2. The molecule has 20 heavy (non-hydrogen) atoms. The Hall–Kier alpha value is -2.45. The van der Waals surface area contributed by atoms with Gasteiger partial charge >= 0.3 is 0 Å². The van der Waals surface area contributed by atoms with Crippen LogP contribution in [0.2, 0.25) is 0 Å². The van der Waals surface area contributed by atoms with Gasteiger partial charge in [0.15, 0.2) is 0 Å². The summed E-state index contributed by atoms with van der Waals surface area (Å²) in [7, 11) is 1.58. The summed E-state index contributed by atoms with van der Waals surface area (Å²) >= 11 is 0. The maximum atomic E-state index is 13.7. The number of ether oxygens (including phenoxy) is 1. The van der Waals surface area contributed by atoms with Crippen molar-refractivity contribution in [3.63, 3.8) is 0 Å². The van der Waals surface area contributed by atoms with Crippen molar-refractivity contribution >= 4 is 6.08 Å². The summed E-state index contributed by atoms with van der Waals surface area (Å²) in [5.41, 5.74) is 1.34. The van der Waals surface area contributed by atoms with Crippen LogP contribution in [0.3, 0.4) is 0 Å². The van der Waals surface area contributed by atoms with E-state index in [1.54, 1.807) is 43.5 Å². The third kappa shape index (κ3) is 3.31. The molecule has 0 radical (unpaired) electrons. The van der Waals surface area contributed by atoms with Gasteiger partial charge in [-0.05, 0) is 29.3 Å². The first-order valence-corrected chi connectivity index (χ1v) is 6.19. The summed E-state index contributed by atoms with van der Waals surface area (Å²) in [4.78, 5) is 14.3. The lowest BCUT2D eigenvalue weighted by atomic mass is 9.99. The lowest BCUT2D eigenvalue weighted by Crippen LogP contribution is -2.02. The molecule has 0 N–H and O–H groups in total. The molecule has 0 saturated carbocycles. The minimum Gasteiger partial charge on any atom is -0.497 e. The number of rotatable bonds is 5. The Labute approximate surface area is 116 Å². The van der Waals surface area contributed by atoms with Crippen molar-refractivity contribution in [2.45, 2.75) is 12.5 Å². The number of halogens is 1. The molecule has 102 valence electrons. The number of benzene rings is 2. The molecule has 0 spiro atoms. The number of isocyanates is 1. The van der Waals surface area contributed by atoms with Crippen molar-refractivity contribution < 1.29 is 13.9 Å². The normalized spacial score (nSPS) is 11.5. The molecule has 1 atom stereocenters. The standard InChI is InChI=1S/C16H14FNO2/c1-20-14-8-6-12(7-9-14)16(18-11-19)10-13-4-2-3-5-15(13)17/h2-9,16H,10H2,1H3. The average molecular weight is 271 g/mol. The Morgan fingerprint density at radius 1 is 1.20 bits per heavy atom. The first kappa shape index (κ1) is 14.0. The molecule has 0 bridgehead atoms. The first-order valence-electron chi connectivity index (χ1n) is 6.19. The van der Waals surface area contributed by atoms with E-state index in [9.17, 15) is 9.18 Å². The predicted octanol–water partition coefficient (Wildman–Crippen LogP) is 3.45. The topological polar surface area (TPSA) is 38.7 Å². The van der Waals surface area contributed by atoms with Gasteiger partial charge in [0.05, 0.1) is 13.2 Å². The number of carbonyl (C=O) groups excluding carboxylic acids is 1. The Morgan fingerprint density at radius 2 is 1.90 bits per heavy atom. The zero-order chi connectivity index (χ0) is 14.4. The lowest BCUT2D eigenvalue weighted by Gasteiger charge is -2.12. The largest absolute Gasteiger partial charge is 0.497 e. The van der Waals surface area contributed by atoms with Crippen molar-refractivity contribution in [1.29, 1.82) is 0 Å². The first-order chi connectivity index (χ1) is 9.74. The number of hydrogen-bond donors (Lipinski definition) is 0. The molecule has 2 aromatic rings. The molecule has 0 aromatic heterocycles. The van der Waals surface area contributed by atoms with Crippen LogP contribution >= 0.6 is 0 Å². The fourth-order valence-electron chi connectivity index (χ4n) is 2.00.